The van der Waals surface area contributed by atoms with Crippen molar-refractivity contribution >= 4 is 35.3 Å². The van der Waals surface area contributed by atoms with Crippen molar-refractivity contribution in [2.75, 3.05) is 19.0 Å². The summed E-state index contributed by atoms with van der Waals surface area (Å²) in [6, 6.07) is 29.6. The zero-order valence-corrected chi connectivity index (χ0v) is 20.0. The molecule has 32 heavy (non-hydrogen) atoms. The standard InChI is InChI=1S/C24H22NOSe.ClHO4/c1-25(2)22-15-13-19(14-16-22)21-17-24(20-9-5-3-6-10-20)26-27(18-21)23-11-7-4-8-12-23;2-1(3,4)5/h3-18H,1-2H3;(H,2,3,4,5)/q+1;/p-1. The Labute approximate surface area is 193 Å². The van der Waals surface area contributed by atoms with Gasteiger partial charge in [0.25, 0.3) is 0 Å². The van der Waals surface area contributed by atoms with Crippen LogP contribution in [0.3, 0.4) is 0 Å². The SMILES string of the molecule is CN(C)c1ccc(C2=C[Se](c3ccccc3)=[O+]C(c3ccccc3)=C2)cc1.[O-][Cl+3]([O-])([O-])[O-]. The van der Waals surface area contributed by atoms with Crippen LogP contribution in [0.4, 0.5) is 5.69 Å². The first-order valence-corrected chi connectivity index (χ1v) is 13.3. The molecule has 3 aromatic rings. The van der Waals surface area contributed by atoms with Crippen LogP contribution in [-0.2, 0) is 3.47 Å². The van der Waals surface area contributed by atoms with Crippen LogP contribution in [0.25, 0.3) is 11.3 Å². The zero-order chi connectivity index (χ0) is 23.1. The quantitative estimate of drug-likeness (QED) is 0.352. The van der Waals surface area contributed by atoms with Crippen LogP contribution in [0.5, 0.6) is 0 Å². The van der Waals surface area contributed by atoms with Crippen LogP contribution in [-0.4, -0.2) is 27.9 Å². The molecule has 0 bridgehead atoms. The molecule has 1 aliphatic rings. The summed E-state index contributed by atoms with van der Waals surface area (Å²) in [6.07, 6.45) is 2.17. The molecule has 166 valence electrons. The van der Waals surface area contributed by atoms with Crippen molar-refractivity contribution in [1.82, 2.24) is 0 Å². The maximum Gasteiger partial charge on any atom is -0.112 e. The third-order valence-corrected chi connectivity index (χ3v) is 7.73. The molecule has 0 N–H and O–H groups in total. The van der Waals surface area contributed by atoms with E-state index >= 15 is 0 Å². The minimum absolute atomic E-state index is 0.957. The molecular formula is C24H22ClNO5Se. The normalized spacial score (nSPS) is 15.5. The molecule has 3 aromatic carbocycles. The van der Waals surface area contributed by atoms with Gasteiger partial charge in [-0.2, -0.15) is 0 Å². The van der Waals surface area contributed by atoms with Gasteiger partial charge >= 0.3 is 165 Å². The molecule has 0 spiro atoms. The number of benzene rings is 3. The molecule has 1 aliphatic heterocycles. The summed E-state index contributed by atoms with van der Waals surface area (Å²) in [5.41, 5.74) is 4.79. The minimum Gasteiger partial charge on any atom is -0.222 e. The number of anilines is 1. The smallest absolute Gasteiger partial charge is 0.112 e. The van der Waals surface area contributed by atoms with E-state index < -0.39 is 24.1 Å². The Morgan fingerprint density at radius 2 is 1.25 bits per heavy atom. The average molecular weight is 519 g/mol. The maximum atomic E-state index is 8.49. The second-order valence-electron chi connectivity index (χ2n) is 6.96. The van der Waals surface area contributed by atoms with Gasteiger partial charge in [-0.15, -0.1) is 10.2 Å². The molecule has 0 aromatic heterocycles. The number of hydrogen-bond donors (Lipinski definition) is 0. The summed E-state index contributed by atoms with van der Waals surface area (Å²) in [5, 5.41) is 0. The largest absolute Gasteiger partial charge is 0.222 e. The Morgan fingerprint density at radius 3 is 1.78 bits per heavy atom. The number of allylic oxidation sites excluding steroid dienone is 2. The van der Waals surface area contributed by atoms with Gasteiger partial charge in [-0.05, 0) is 0 Å². The molecule has 0 radical (unpaired) electrons. The van der Waals surface area contributed by atoms with Gasteiger partial charge in [-0.3, -0.25) is 0 Å². The molecule has 4 rings (SSSR count). The van der Waals surface area contributed by atoms with Crippen molar-refractivity contribution in [2.24, 2.45) is 0 Å². The van der Waals surface area contributed by atoms with E-state index in [1.54, 1.807) is 0 Å². The topological polar surface area (TPSA) is 107 Å². The number of halogens is 1. The molecule has 0 saturated heterocycles. The number of nitrogens with zero attached hydrogens (tertiary/aromatic N) is 1. The van der Waals surface area contributed by atoms with E-state index in [0.717, 1.165) is 11.3 Å². The average Bonchev–Trinajstić information content (AvgIpc) is 2.79. The molecule has 0 amide bonds. The van der Waals surface area contributed by atoms with Gasteiger partial charge in [0.15, 0.2) is 0 Å². The van der Waals surface area contributed by atoms with Gasteiger partial charge in [-0.25, -0.2) is 18.6 Å². The Kier molecular flexibility index (Phi) is 8.12. The van der Waals surface area contributed by atoms with Crippen molar-refractivity contribution in [2.45, 2.75) is 0 Å². The molecule has 1 heterocycles. The van der Waals surface area contributed by atoms with Crippen LogP contribution in [0.15, 0.2) is 96.0 Å². The van der Waals surface area contributed by atoms with Crippen LogP contribution in [0, 0.1) is 10.2 Å². The van der Waals surface area contributed by atoms with Crippen molar-refractivity contribution in [3.63, 3.8) is 0 Å². The number of hydrogen-bond acceptors (Lipinski definition) is 5. The van der Waals surface area contributed by atoms with E-state index in [1.165, 1.54) is 21.3 Å². The van der Waals surface area contributed by atoms with E-state index in [-0.39, 0.29) is 0 Å². The van der Waals surface area contributed by atoms with E-state index in [2.05, 4.69) is 109 Å². The van der Waals surface area contributed by atoms with Crippen molar-refractivity contribution in [3.8, 4) is 0 Å². The molecule has 0 aliphatic carbocycles. The molecule has 1 unspecified atom stereocenters. The summed E-state index contributed by atoms with van der Waals surface area (Å²) in [6.45, 7) is 0. The first-order chi connectivity index (χ1) is 15.2. The van der Waals surface area contributed by atoms with E-state index in [1.807, 2.05) is 6.07 Å². The van der Waals surface area contributed by atoms with Gasteiger partial charge in [-0.1, -0.05) is 0 Å². The Balaban J connectivity index is 0.000000523. The van der Waals surface area contributed by atoms with Crippen molar-refractivity contribution in [3.05, 3.63) is 107 Å². The fraction of sp³-hybridized carbons (Fsp3) is 0.0833. The summed E-state index contributed by atoms with van der Waals surface area (Å²) >= 11 is -1.55. The van der Waals surface area contributed by atoms with Gasteiger partial charge in [0.2, 0.25) is 0 Å². The predicted molar refractivity (Wildman–Crippen MR) is 116 cm³/mol. The monoisotopic (exact) mass is 519 g/mol. The summed E-state index contributed by atoms with van der Waals surface area (Å²) in [5.74, 6) is 0.957. The maximum absolute atomic E-state index is 8.49. The molecule has 0 saturated carbocycles. The Morgan fingerprint density at radius 1 is 0.719 bits per heavy atom. The third kappa shape index (κ3) is 7.22. The number of rotatable bonds is 4. The molecule has 1 atom stereocenters. The predicted octanol–water partition coefficient (Wildman–Crippen LogP) is -0.161. The van der Waals surface area contributed by atoms with Crippen LogP contribution in [0.2, 0.25) is 0 Å². The summed E-state index contributed by atoms with van der Waals surface area (Å²) in [7, 11) is -0.818. The van der Waals surface area contributed by atoms with Gasteiger partial charge in [0, 0.05) is 0 Å². The van der Waals surface area contributed by atoms with Gasteiger partial charge in [0.05, 0.1) is 0 Å². The molecular weight excluding hydrogens is 497 g/mol. The van der Waals surface area contributed by atoms with Crippen LogP contribution >= 0.6 is 0 Å². The van der Waals surface area contributed by atoms with E-state index in [0.29, 0.717) is 0 Å². The van der Waals surface area contributed by atoms with Crippen molar-refractivity contribution in [1.29, 1.82) is 0 Å². The molecule has 0 fully saturated rings. The van der Waals surface area contributed by atoms with Crippen LogP contribution in [0.1, 0.15) is 11.1 Å². The third-order valence-electron chi connectivity index (χ3n) is 4.45. The second kappa shape index (κ2) is 10.8. The van der Waals surface area contributed by atoms with Gasteiger partial charge in [0.1, 0.15) is 0 Å². The minimum atomic E-state index is -4.94. The first-order valence-electron chi connectivity index (χ1n) is 9.55. The molecule has 8 heteroatoms. The fourth-order valence-corrected chi connectivity index (χ4v) is 6.05. The van der Waals surface area contributed by atoms with E-state index in [9.17, 15) is 0 Å². The molecule has 6 nitrogen and oxygen atoms in total. The van der Waals surface area contributed by atoms with Crippen molar-refractivity contribution < 1.29 is 32.3 Å². The van der Waals surface area contributed by atoms with Crippen LogP contribution < -0.4 is 28.0 Å². The first kappa shape index (κ1) is 24.0. The Bertz CT molecular complexity index is 1080. The Hall–Kier alpha value is -2.61. The second-order valence-corrected chi connectivity index (χ2v) is 10.8. The summed E-state index contributed by atoms with van der Waals surface area (Å²) in [4.78, 5) is 4.44. The van der Waals surface area contributed by atoms with Gasteiger partial charge < -0.3 is 0 Å². The fourth-order valence-electron chi connectivity index (χ4n) is 2.94. The summed E-state index contributed by atoms with van der Waals surface area (Å²) < 4.78 is 41.7. The van der Waals surface area contributed by atoms with E-state index in [4.69, 9.17) is 22.1 Å². The zero-order valence-electron chi connectivity index (χ0n) is 17.5.